The third-order valence-corrected chi connectivity index (χ3v) is 2.78. The quantitative estimate of drug-likeness (QED) is 0.697. The average Bonchev–Trinajstić information content (AvgIpc) is 2.83. The molecule has 0 radical (unpaired) electrons. The normalized spacial score (nSPS) is 11.2. The minimum Gasteiger partial charge on any atom is -0.431 e. The Morgan fingerprint density at radius 1 is 1.29 bits per heavy atom. The van der Waals surface area contributed by atoms with Crippen molar-refractivity contribution in [3.63, 3.8) is 0 Å². The van der Waals surface area contributed by atoms with Crippen LogP contribution in [0.15, 0.2) is 31.6 Å². The first-order valence-electron chi connectivity index (χ1n) is 4.93. The van der Waals surface area contributed by atoms with E-state index >= 15 is 0 Å². The van der Waals surface area contributed by atoms with E-state index < -0.39 is 0 Å². The predicted octanol–water partition coefficient (Wildman–Crippen LogP) is 3.14. The molecule has 86 valence electrons. The molecule has 1 aromatic carbocycles. The second-order valence-electron chi connectivity index (χ2n) is 3.69. The number of fused-ring (bicyclic) bond motifs is 1. The van der Waals surface area contributed by atoms with Crippen LogP contribution in [0.5, 0.6) is 0 Å². The average molecular weight is 294 g/mol. The van der Waals surface area contributed by atoms with Gasteiger partial charge in [0, 0.05) is 10.5 Å². The maximum absolute atomic E-state index is 5.84. The third-order valence-electron chi connectivity index (χ3n) is 2.32. The van der Waals surface area contributed by atoms with Gasteiger partial charge in [-0.2, -0.15) is 0 Å². The minimum absolute atomic E-state index is 0.380. The lowest BCUT2D eigenvalue weighted by molar-refractivity contribution is 0.414. The van der Waals surface area contributed by atoms with Gasteiger partial charge in [0.05, 0.1) is 11.4 Å². The highest BCUT2D eigenvalue weighted by Crippen LogP contribution is 2.30. The Hall–Kier alpha value is -1.82. The van der Waals surface area contributed by atoms with Gasteiger partial charge in [-0.3, -0.25) is 0 Å². The van der Waals surface area contributed by atoms with Crippen LogP contribution in [0.4, 0.5) is 5.69 Å². The van der Waals surface area contributed by atoms with Crippen LogP contribution >= 0.6 is 15.9 Å². The number of aryl methyl sites for hydroxylation is 1. The molecule has 6 heteroatoms. The summed E-state index contributed by atoms with van der Waals surface area (Å²) < 4.78 is 11.5. The number of halogens is 1. The number of aromatic nitrogens is 2. The van der Waals surface area contributed by atoms with Gasteiger partial charge in [-0.1, -0.05) is 21.1 Å². The smallest absolute Gasteiger partial charge is 0.266 e. The summed E-state index contributed by atoms with van der Waals surface area (Å²) in [6.07, 6.45) is 0. The molecule has 0 aliphatic heterocycles. The van der Waals surface area contributed by atoms with E-state index in [4.69, 9.17) is 14.7 Å². The summed E-state index contributed by atoms with van der Waals surface area (Å²) in [6.45, 7) is 1.83. The Morgan fingerprint density at radius 3 is 2.82 bits per heavy atom. The van der Waals surface area contributed by atoms with Crippen LogP contribution in [0.25, 0.3) is 22.8 Å². The Morgan fingerprint density at radius 2 is 2.12 bits per heavy atom. The molecule has 2 heterocycles. The number of nitrogens with zero attached hydrogens (tertiary/aromatic N) is 2. The number of oxazole rings is 1. The van der Waals surface area contributed by atoms with Crippen molar-refractivity contribution in [2.75, 3.05) is 5.73 Å². The molecule has 3 aromatic rings. The van der Waals surface area contributed by atoms with Crippen LogP contribution in [0.2, 0.25) is 0 Å². The molecule has 0 aliphatic carbocycles. The van der Waals surface area contributed by atoms with Crippen LogP contribution in [0.1, 0.15) is 5.69 Å². The molecule has 5 nitrogen and oxygen atoms in total. The number of hydrogen-bond donors (Lipinski definition) is 1. The SMILES string of the molecule is Cc1cc(-c2nc3cc(Br)cc(N)c3o2)on1. The van der Waals surface area contributed by atoms with Crippen molar-refractivity contribution in [1.82, 2.24) is 10.1 Å². The summed E-state index contributed by atoms with van der Waals surface area (Å²) in [5, 5.41) is 3.79. The van der Waals surface area contributed by atoms with Crippen molar-refractivity contribution in [2.24, 2.45) is 0 Å². The summed E-state index contributed by atoms with van der Waals surface area (Å²) in [5.74, 6) is 0.875. The first-order chi connectivity index (χ1) is 8.13. The van der Waals surface area contributed by atoms with Crippen molar-refractivity contribution < 1.29 is 8.94 Å². The van der Waals surface area contributed by atoms with Gasteiger partial charge in [0.1, 0.15) is 5.52 Å². The van der Waals surface area contributed by atoms with E-state index in [1.54, 1.807) is 12.1 Å². The van der Waals surface area contributed by atoms with Crippen molar-refractivity contribution in [1.29, 1.82) is 0 Å². The number of benzene rings is 1. The highest BCUT2D eigenvalue weighted by Gasteiger charge is 2.14. The summed E-state index contributed by atoms with van der Waals surface area (Å²) in [5.41, 5.74) is 8.38. The molecule has 0 amide bonds. The molecule has 0 saturated carbocycles. The van der Waals surface area contributed by atoms with Gasteiger partial charge in [0.15, 0.2) is 5.58 Å². The highest BCUT2D eigenvalue weighted by atomic mass is 79.9. The fraction of sp³-hybridized carbons (Fsp3) is 0.0909. The molecule has 0 spiro atoms. The van der Waals surface area contributed by atoms with Gasteiger partial charge in [-0.05, 0) is 19.1 Å². The van der Waals surface area contributed by atoms with E-state index in [0.29, 0.717) is 28.4 Å². The maximum atomic E-state index is 5.84. The zero-order valence-corrected chi connectivity index (χ0v) is 10.5. The van der Waals surface area contributed by atoms with E-state index in [1.807, 2.05) is 13.0 Å². The lowest BCUT2D eigenvalue weighted by Crippen LogP contribution is -1.84. The van der Waals surface area contributed by atoms with Crippen LogP contribution in [-0.2, 0) is 0 Å². The van der Waals surface area contributed by atoms with Gasteiger partial charge >= 0.3 is 0 Å². The van der Waals surface area contributed by atoms with Gasteiger partial charge in [-0.25, -0.2) is 4.98 Å². The molecule has 2 N–H and O–H groups in total. The topological polar surface area (TPSA) is 78.1 Å². The van der Waals surface area contributed by atoms with Crippen molar-refractivity contribution in [3.8, 4) is 11.7 Å². The van der Waals surface area contributed by atoms with Crippen LogP contribution in [-0.4, -0.2) is 10.1 Å². The van der Waals surface area contributed by atoms with Crippen LogP contribution in [0.3, 0.4) is 0 Å². The summed E-state index contributed by atoms with van der Waals surface area (Å²) >= 11 is 3.36. The van der Waals surface area contributed by atoms with E-state index in [0.717, 1.165) is 10.2 Å². The van der Waals surface area contributed by atoms with Gasteiger partial charge in [-0.15, -0.1) is 0 Å². The third kappa shape index (κ3) is 1.70. The number of rotatable bonds is 1. The molecule has 0 unspecified atom stereocenters. The standard InChI is InChI=1S/C11H8BrN3O2/c1-5-2-9(17-15-5)11-14-8-4-6(12)3-7(13)10(8)16-11/h2-4H,13H2,1H3. The predicted molar refractivity (Wildman–Crippen MR) is 66.4 cm³/mol. The Kier molecular flexibility index (Phi) is 2.19. The fourth-order valence-corrected chi connectivity index (χ4v) is 2.06. The second kappa shape index (κ2) is 3.59. The summed E-state index contributed by atoms with van der Waals surface area (Å²) in [7, 11) is 0. The minimum atomic E-state index is 0.380. The monoisotopic (exact) mass is 293 g/mol. The van der Waals surface area contributed by atoms with Crippen molar-refractivity contribution >= 4 is 32.7 Å². The molecular formula is C11H8BrN3O2. The second-order valence-corrected chi connectivity index (χ2v) is 4.61. The number of nitrogens with two attached hydrogens (primary N) is 1. The lowest BCUT2D eigenvalue weighted by Gasteiger charge is -1.93. The zero-order valence-electron chi connectivity index (χ0n) is 8.90. The first kappa shape index (κ1) is 10.3. The molecule has 0 fully saturated rings. The van der Waals surface area contributed by atoms with E-state index in [9.17, 15) is 0 Å². The molecule has 3 rings (SSSR count). The van der Waals surface area contributed by atoms with Crippen LogP contribution < -0.4 is 5.73 Å². The number of nitrogen functional groups attached to an aromatic ring is 1. The van der Waals surface area contributed by atoms with Crippen LogP contribution in [0, 0.1) is 6.92 Å². The van der Waals surface area contributed by atoms with Gasteiger partial charge in [0.2, 0.25) is 5.76 Å². The van der Waals surface area contributed by atoms with Crippen molar-refractivity contribution in [2.45, 2.75) is 6.92 Å². The molecular weight excluding hydrogens is 286 g/mol. The molecule has 0 bridgehead atoms. The number of hydrogen-bond acceptors (Lipinski definition) is 5. The highest BCUT2D eigenvalue weighted by molar-refractivity contribution is 9.10. The molecule has 0 saturated heterocycles. The molecule has 0 atom stereocenters. The molecule has 0 aliphatic rings. The summed E-state index contributed by atoms with van der Waals surface area (Å²) in [4.78, 5) is 4.31. The van der Waals surface area contributed by atoms with Gasteiger partial charge in [0.25, 0.3) is 5.89 Å². The molecule has 17 heavy (non-hydrogen) atoms. The lowest BCUT2D eigenvalue weighted by atomic mass is 10.3. The number of anilines is 1. The first-order valence-corrected chi connectivity index (χ1v) is 5.72. The van der Waals surface area contributed by atoms with E-state index in [-0.39, 0.29) is 0 Å². The Bertz CT molecular complexity index is 702. The van der Waals surface area contributed by atoms with E-state index in [2.05, 4.69) is 26.1 Å². The van der Waals surface area contributed by atoms with Crippen molar-refractivity contribution in [3.05, 3.63) is 28.4 Å². The molecule has 2 aromatic heterocycles. The van der Waals surface area contributed by atoms with Gasteiger partial charge < -0.3 is 14.7 Å². The zero-order chi connectivity index (χ0) is 12.0. The Balaban J connectivity index is 2.23. The maximum Gasteiger partial charge on any atom is 0.266 e. The fourth-order valence-electron chi connectivity index (χ4n) is 1.59. The summed E-state index contributed by atoms with van der Waals surface area (Å²) in [6, 6.07) is 5.36. The Labute approximate surface area is 105 Å². The van der Waals surface area contributed by atoms with E-state index in [1.165, 1.54) is 0 Å². The largest absolute Gasteiger partial charge is 0.431 e.